The van der Waals surface area contributed by atoms with Crippen LogP contribution in [0.5, 0.6) is 0 Å². The lowest BCUT2D eigenvalue weighted by Crippen LogP contribution is -2.48. The highest BCUT2D eigenvalue weighted by atomic mass is 35.5. The molecular formula is C27H28ClN3O5. The van der Waals surface area contributed by atoms with E-state index in [1.165, 1.54) is 6.21 Å². The summed E-state index contributed by atoms with van der Waals surface area (Å²) in [6.45, 7) is 7.19. The topological polar surface area (TPSA) is 110 Å². The molecule has 1 heterocycles. The van der Waals surface area contributed by atoms with Gasteiger partial charge in [0.2, 0.25) is 0 Å². The Kier molecular flexibility index (Phi) is 9.02. The summed E-state index contributed by atoms with van der Waals surface area (Å²) in [4.78, 5) is 37.6. The summed E-state index contributed by atoms with van der Waals surface area (Å²) in [7, 11) is 0. The van der Waals surface area contributed by atoms with Crippen molar-refractivity contribution >= 4 is 35.6 Å². The van der Waals surface area contributed by atoms with Crippen molar-refractivity contribution in [1.29, 1.82) is 0 Å². The highest BCUT2D eigenvalue weighted by Crippen LogP contribution is 2.26. The molecule has 2 amide bonds. The van der Waals surface area contributed by atoms with Gasteiger partial charge in [0.15, 0.2) is 0 Å². The van der Waals surface area contributed by atoms with E-state index in [9.17, 15) is 14.4 Å². The summed E-state index contributed by atoms with van der Waals surface area (Å²) in [6, 6.07) is 15.9. The molecule has 1 unspecified atom stereocenters. The van der Waals surface area contributed by atoms with E-state index < -0.39 is 23.8 Å². The number of esters is 1. The fraction of sp³-hybridized carbons (Fsp3) is 0.259. The third-order valence-electron chi connectivity index (χ3n) is 5.09. The molecule has 3 aromatic rings. The van der Waals surface area contributed by atoms with E-state index in [2.05, 4.69) is 15.8 Å². The van der Waals surface area contributed by atoms with Crippen molar-refractivity contribution in [3.63, 3.8) is 0 Å². The standard InChI is InChI=1S/C27H28ClN3O5/c1-16(2)24(30-25(32)18-9-11-19(28)12-10-18)26(33)31-29-15-20-13-14-23(36-20)21-7-5-6-8-22(21)27(34)35-17(3)4/h5-17,24H,1-4H3,(H,30,32)(H,31,33)/b29-15-. The first-order valence-electron chi connectivity index (χ1n) is 11.4. The summed E-state index contributed by atoms with van der Waals surface area (Å²) < 4.78 is 11.1. The summed E-state index contributed by atoms with van der Waals surface area (Å²) in [6.07, 6.45) is 1.09. The van der Waals surface area contributed by atoms with Crippen molar-refractivity contribution in [2.75, 3.05) is 0 Å². The molecule has 0 fully saturated rings. The Labute approximate surface area is 214 Å². The number of hydrogen-bond donors (Lipinski definition) is 2. The molecule has 0 aliphatic heterocycles. The van der Waals surface area contributed by atoms with Gasteiger partial charge in [0.25, 0.3) is 11.8 Å². The van der Waals surface area contributed by atoms with E-state index >= 15 is 0 Å². The fourth-order valence-electron chi connectivity index (χ4n) is 3.31. The number of nitrogens with one attached hydrogen (secondary N) is 2. The van der Waals surface area contributed by atoms with Gasteiger partial charge in [0.05, 0.1) is 17.9 Å². The summed E-state index contributed by atoms with van der Waals surface area (Å²) in [5.41, 5.74) is 3.79. The number of halogens is 1. The number of hydrogen-bond acceptors (Lipinski definition) is 6. The van der Waals surface area contributed by atoms with Crippen molar-refractivity contribution < 1.29 is 23.5 Å². The van der Waals surface area contributed by atoms with Gasteiger partial charge < -0.3 is 14.5 Å². The Bertz CT molecular complexity index is 1250. The molecule has 0 radical (unpaired) electrons. The van der Waals surface area contributed by atoms with Gasteiger partial charge in [0, 0.05) is 16.1 Å². The van der Waals surface area contributed by atoms with E-state index in [0.717, 1.165) is 0 Å². The van der Waals surface area contributed by atoms with Gasteiger partial charge in [-0.05, 0) is 62.2 Å². The van der Waals surface area contributed by atoms with E-state index in [0.29, 0.717) is 33.2 Å². The Balaban J connectivity index is 1.66. The van der Waals surface area contributed by atoms with Gasteiger partial charge >= 0.3 is 5.97 Å². The van der Waals surface area contributed by atoms with Crippen molar-refractivity contribution in [2.45, 2.75) is 39.8 Å². The predicted molar refractivity (Wildman–Crippen MR) is 138 cm³/mol. The highest BCUT2D eigenvalue weighted by Gasteiger charge is 2.24. The maximum Gasteiger partial charge on any atom is 0.339 e. The number of nitrogens with zero attached hydrogens (tertiary/aromatic N) is 1. The van der Waals surface area contributed by atoms with Gasteiger partial charge in [-0.3, -0.25) is 9.59 Å². The van der Waals surface area contributed by atoms with Crippen LogP contribution in [0.1, 0.15) is 54.2 Å². The van der Waals surface area contributed by atoms with Crippen molar-refractivity contribution in [1.82, 2.24) is 10.7 Å². The van der Waals surface area contributed by atoms with Crippen molar-refractivity contribution in [3.8, 4) is 11.3 Å². The molecule has 2 aromatic carbocycles. The zero-order valence-corrected chi connectivity index (χ0v) is 21.2. The molecule has 188 valence electrons. The van der Waals surface area contributed by atoms with Crippen LogP contribution in [0.3, 0.4) is 0 Å². The highest BCUT2D eigenvalue weighted by molar-refractivity contribution is 6.30. The van der Waals surface area contributed by atoms with Crippen molar-refractivity contribution in [3.05, 3.63) is 82.6 Å². The minimum absolute atomic E-state index is 0.186. The lowest BCUT2D eigenvalue weighted by atomic mass is 10.0. The van der Waals surface area contributed by atoms with Crippen LogP contribution in [0.4, 0.5) is 0 Å². The molecule has 0 bridgehead atoms. The van der Waals surface area contributed by atoms with Gasteiger partial charge in [-0.2, -0.15) is 5.10 Å². The van der Waals surface area contributed by atoms with Crippen LogP contribution in [0.25, 0.3) is 11.3 Å². The number of hydrazone groups is 1. The van der Waals surface area contributed by atoms with Gasteiger partial charge in [-0.15, -0.1) is 0 Å². The summed E-state index contributed by atoms with van der Waals surface area (Å²) >= 11 is 5.87. The van der Waals surface area contributed by atoms with Crippen LogP contribution in [0.2, 0.25) is 5.02 Å². The molecule has 0 saturated heterocycles. The lowest BCUT2D eigenvalue weighted by Gasteiger charge is -2.20. The Morgan fingerprint density at radius 2 is 1.67 bits per heavy atom. The molecular weight excluding hydrogens is 482 g/mol. The van der Waals surface area contributed by atoms with E-state index in [4.69, 9.17) is 20.8 Å². The SMILES string of the molecule is CC(C)OC(=O)c1ccccc1-c1ccc(/C=N\NC(=O)C(NC(=O)c2ccc(Cl)cc2)C(C)C)o1. The second kappa shape index (κ2) is 12.2. The quantitative estimate of drug-likeness (QED) is 0.238. The first-order valence-corrected chi connectivity index (χ1v) is 11.8. The number of rotatable bonds is 9. The zero-order valence-electron chi connectivity index (χ0n) is 20.4. The third-order valence-corrected chi connectivity index (χ3v) is 5.34. The zero-order chi connectivity index (χ0) is 26.2. The molecule has 2 N–H and O–H groups in total. The van der Waals surface area contributed by atoms with E-state index in [-0.39, 0.29) is 12.0 Å². The first kappa shape index (κ1) is 26.7. The number of benzene rings is 2. The lowest BCUT2D eigenvalue weighted by molar-refractivity contribution is -0.123. The molecule has 0 spiro atoms. The molecule has 0 aliphatic rings. The smallest absolute Gasteiger partial charge is 0.339 e. The number of furan rings is 1. The first-order chi connectivity index (χ1) is 17.2. The number of carbonyl (C=O) groups is 3. The minimum Gasteiger partial charge on any atom is -0.459 e. The molecule has 9 heteroatoms. The Morgan fingerprint density at radius 3 is 2.33 bits per heavy atom. The van der Waals surface area contributed by atoms with Crippen LogP contribution in [-0.4, -0.2) is 36.1 Å². The number of amides is 2. The maximum absolute atomic E-state index is 12.7. The van der Waals surface area contributed by atoms with Gasteiger partial charge in [0.1, 0.15) is 17.6 Å². The van der Waals surface area contributed by atoms with Crippen LogP contribution >= 0.6 is 11.6 Å². The van der Waals surface area contributed by atoms with Crippen LogP contribution in [-0.2, 0) is 9.53 Å². The average Bonchev–Trinajstić information content (AvgIpc) is 3.31. The molecule has 3 rings (SSSR count). The van der Waals surface area contributed by atoms with Gasteiger partial charge in [-0.1, -0.05) is 43.6 Å². The Hall–Kier alpha value is -3.91. The summed E-state index contributed by atoms with van der Waals surface area (Å²) in [5, 5.41) is 7.20. The van der Waals surface area contributed by atoms with Crippen LogP contribution in [0.15, 0.2) is 70.2 Å². The van der Waals surface area contributed by atoms with Crippen LogP contribution < -0.4 is 10.7 Å². The molecule has 8 nitrogen and oxygen atoms in total. The fourth-order valence-corrected chi connectivity index (χ4v) is 3.44. The predicted octanol–water partition coefficient (Wildman–Crippen LogP) is 5.07. The molecule has 0 aliphatic carbocycles. The number of ether oxygens (including phenoxy) is 1. The monoisotopic (exact) mass is 509 g/mol. The second-order valence-electron chi connectivity index (χ2n) is 8.64. The Morgan fingerprint density at radius 1 is 0.972 bits per heavy atom. The third kappa shape index (κ3) is 7.05. The largest absolute Gasteiger partial charge is 0.459 e. The number of carbonyl (C=O) groups excluding carboxylic acids is 3. The van der Waals surface area contributed by atoms with Gasteiger partial charge in [-0.25, -0.2) is 10.2 Å². The summed E-state index contributed by atoms with van der Waals surface area (Å²) in [5.74, 6) is -0.682. The maximum atomic E-state index is 12.7. The molecule has 0 saturated carbocycles. The molecule has 36 heavy (non-hydrogen) atoms. The second-order valence-corrected chi connectivity index (χ2v) is 9.07. The molecule has 1 atom stereocenters. The van der Waals surface area contributed by atoms with Crippen molar-refractivity contribution in [2.24, 2.45) is 11.0 Å². The van der Waals surface area contributed by atoms with E-state index in [1.807, 2.05) is 13.8 Å². The van der Waals surface area contributed by atoms with E-state index in [1.54, 1.807) is 74.5 Å². The average molecular weight is 510 g/mol. The minimum atomic E-state index is -0.809. The molecule has 1 aromatic heterocycles. The van der Waals surface area contributed by atoms with Crippen LogP contribution in [0, 0.1) is 5.92 Å². The normalized spacial score (nSPS) is 12.1.